The van der Waals surface area contributed by atoms with Crippen molar-refractivity contribution in [3.8, 4) is 5.75 Å². The van der Waals surface area contributed by atoms with Crippen LogP contribution in [0.1, 0.15) is 43.7 Å². The lowest BCUT2D eigenvalue weighted by Crippen LogP contribution is -2.29. The molecule has 214 valence electrons. The molecular weight excluding hydrogens is 519 g/mol. The van der Waals surface area contributed by atoms with E-state index in [0.717, 1.165) is 12.8 Å². The van der Waals surface area contributed by atoms with Gasteiger partial charge in [-0.15, -0.1) is 0 Å². The third-order valence-corrected chi connectivity index (χ3v) is 6.67. The highest BCUT2D eigenvalue weighted by Gasteiger charge is 2.31. The van der Waals surface area contributed by atoms with Gasteiger partial charge in [0.05, 0.1) is 23.3 Å². The average molecular weight is 555 g/mol. The van der Waals surface area contributed by atoms with Gasteiger partial charge in [0.2, 0.25) is 11.9 Å². The van der Waals surface area contributed by atoms with Gasteiger partial charge in [0.15, 0.2) is 0 Å². The lowest BCUT2D eigenvalue weighted by atomic mass is 9.93. The molecule has 0 unspecified atom stereocenters. The van der Waals surface area contributed by atoms with E-state index in [1.165, 1.54) is 25.6 Å². The number of nitro benzene ring substituents is 1. The van der Waals surface area contributed by atoms with Gasteiger partial charge in [0, 0.05) is 43.5 Å². The Morgan fingerprint density at radius 3 is 2.30 bits per heavy atom. The summed E-state index contributed by atoms with van der Waals surface area (Å²) < 4.78 is 20.4. The van der Waals surface area contributed by atoms with Crippen LogP contribution in [0.2, 0.25) is 0 Å². The zero-order chi connectivity index (χ0) is 29.2. The average Bonchev–Trinajstić information content (AvgIpc) is 3.72. The van der Waals surface area contributed by atoms with E-state index in [4.69, 9.17) is 4.74 Å². The zero-order valence-electron chi connectivity index (χ0n) is 23.5. The molecule has 0 saturated heterocycles. The minimum atomic E-state index is -1.25. The van der Waals surface area contributed by atoms with Crippen molar-refractivity contribution in [3.05, 3.63) is 57.7 Å². The number of benzene rings is 2. The molecule has 0 bridgehead atoms. The number of methoxy groups -OCH3 is 1. The summed E-state index contributed by atoms with van der Waals surface area (Å²) in [5.74, 6) is 0.336. The van der Waals surface area contributed by atoms with Crippen LogP contribution in [0.3, 0.4) is 0 Å². The summed E-state index contributed by atoms with van der Waals surface area (Å²) in [6.45, 7) is 4.53. The van der Waals surface area contributed by atoms with Crippen LogP contribution in [0.25, 0.3) is 0 Å². The minimum Gasteiger partial charge on any atom is -0.494 e. The molecule has 40 heavy (non-hydrogen) atoms. The van der Waals surface area contributed by atoms with E-state index in [0.29, 0.717) is 41.3 Å². The fourth-order valence-corrected chi connectivity index (χ4v) is 4.31. The van der Waals surface area contributed by atoms with E-state index >= 15 is 0 Å². The molecule has 1 saturated carbocycles. The van der Waals surface area contributed by atoms with Gasteiger partial charge in [-0.05, 0) is 64.4 Å². The molecule has 0 amide bonds. The van der Waals surface area contributed by atoms with Crippen LogP contribution in [0.4, 0.5) is 39.0 Å². The summed E-state index contributed by atoms with van der Waals surface area (Å²) in [5.41, 5.74) is 0.753. The molecule has 2 aromatic carbocycles. The van der Waals surface area contributed by atoms with Gasteiger partial charge in [0.1, 0.15) is 23.6 Å². The number of hydrogen-bond acceptors (Lipinski definition) is 11. The van der Waals surface area contributed by atoms with Gasteiger partial charge in [0.25, 0.3) is 5.69 Å². The monoisotopic (exact) mass is 554 g/mol. The van der Waals surface area contributed by atoms with Crippen molar-refractivity contribution in [2.24, 2.45) is 0 Å². The van der Waals surface area contributed by atoms with Crippen molar-refractivity contribution in [1.82, 2.24) is 19.9 Å². The van der Waals surface area contributed by atoms with Crippen molar-refractivity contribution in [2.45, 2.75) is 38.2 Å². The van der Waals surface area contributed by atoms with Gasteiger partial charge in [-0.3, -0.25) is 10.1 Å². The molecule has 0 atom stereocenters. The number of nitro groups is 1. The second-order valence-electron chi connectivity index (χ2n) is 10.7. The first-order chi connectivity index (χ1) is 18.9. The molecule has 0 aliphatic heterocycles. The summed E-state index contributed by atoms with van der Waals surface area (Å²) in [6.07, 6.45) is 3.10. The molecule has 1 aliphatic rings. The minimum absolute atomic E-state index is 0.0821. The highest BCUT2D eigenvalue weighted by Crippen LogP contribution is 2.44. The first-order valence-corrected chi connectivity index (χ1v) is 12.9. The van der Waals surface area contributed by atoms with Crippen LogP contribution < -0.4 is 20.3 Å². The van der Waals surface area contributed by atoms with Gasteiger partial charge in [-0.2, -0.15) is 4.98 Å². The third-order valence-electron chi connectivity index (χ3n) is 6.67. The number of anilines is 5. The first kappa shape index (κ1) is 28.9. The topological polar surface area (TPSA) is 142 Å². The Labute approximate surface area is 232 Å². The van der Waals surface area contributed by atoms with Crippen molar-refractivity contribution in [3.63, 3.8) is 0 Å². The van der Waals surface area contributed by atoms with E-state index in [2.05, 4.69) is 25.6 Å². The van der Waals surface area contributed by atoms with Crippen LogP contribution >= 0.6 is 0 Å². The van der Waals surface area contributed by atoms with E-state index in [1.54, 1.807) is 37.9 Å². The number of ether oxygens (including phenoxy) is 1. The Bertz CT molecular complexity index is 1390. The van der Waals surface area contributed by atoms with Crippen LogP contribution in [0.15, 0.2) is 30.6 Å². The summed E-state index contributed by atoms with van der Waals surface area (Å²) in [4.78, 5) is 27.9. The molecule has 0 spiro atoms. The summed E-state index contributed by atoms with van der Waals surface area (Å²) >= 11 is 0. The number of hydrogen-bond donors (Lipinski definition) is 3. The molecule has 1 fully saturated rings. The second-order valence-corrected chi connectivity index (χ2v) is 10.7. The summed E-state index contributed by atoms with van der Waals surface area (Å²) in [7, 11) is 7.11. The van der Waals surface area contributed by atoms with Crippen molar-refractivity contribution >= 4 is 34.6 Å². The Kier molecular flexibility index (Phi) is 8.35. The molecule has 12 nitrogen and oxygen atoms in total. The van der Waals surface area contributed by atoms with E-state index in [-0.39, 0.29) is 35.0 Å². The maximum Gasteiger partial charge on any atom is 0.294 e. The molecule has 0 radical (unpaired) electrons. The van der Waals surface area contributed by atoms with Crippen LogP contribution in [0, 0.1) is 15.9 Å². The maximum atomic E-state index is 14.9. The van der Waals surface area contributed by atoms with Gasteiger partial charge >= 0.3 is 0 Å². The Hall–Kier alpha value is -4.10. The van der Waals surface area contributed by atoms with Crippen LogP contribution in [-0.4, -0.2) is 71.2 Å². The third kappa shape index (κ3) is 6.72. The number of aliphatic hydroxyl groups is 1. The number of nitrogens with one attached hydrogen (secondary N) is 2. The normalized spacial score (nSPS) is 13.3. The van der Waals surface area contributed by atoms with Gasteiger partial charge in [-0.25, -0.2) is 14.4 Å². The van der Waals surface area contributed by atoms with Crippen LogP contribution in [0.5, 0.6) is 5.75 Å². The molecule has 3 aromatic rings. The Morgan fingerprint density at radius 1 is 1.10 bits per heavy atom. The predicted octanol–water partition coefficient (Wildman–Crippen LogP) is 4.52. The van der Waals surface area contributed by atoms with Gasteiger partial charge < -0.3 is 30.3 Å². The van der Waals surface area contributed by atoms with E-state index < -0.39 is 10.5 Å². The largest absolute Gasteiger partial charge is 0.494 e. The molecule has 1 aliphatic carbocycles. The van der Waals surface area contributed by atoms with E-state index in [9.17, 15) is 19.6 Å². The zero-order valence-corrected chi connectivity index (χ0v) is 23.5. The van der Waals surface area contributed by atoms with Crippen molar-refractivity contribution in [1.29, 1.82) is 0 Å². The molecule has 4 rings (SSSR count). The smallest absolute Gasteiger partial charge is 0.294 e. The Balaban J connectivity index is 1.63. The highest BCUT2D eigenvalue weighted by molar-refractivity contribution is 5.77. The maximum absolute atomic E-state index is 14.9. The summed E-state index contributed by atoms with van der Waals surface area (Å²) in [6, 6.07) is 6.00. The molecule has 1 heterocycles. The van der Waals surface area contributed by atoms with Crippen molar-refractivity contribution in [2.75, 3.05) is 56.9 Å². The standard InChI is InChI=1S/C27H35FN8O4/c1-27(2,37)18-11-17(16-7-8-16)19(28)12-20(18)31-25-29-15-30-26(33-25)32-21-13-23(36(38)39)22(14-24(21)40-6)35(5)10-9-34(3)4/h11-16,37H,7-10H2,1-6H3,(H2,29,30,31,32,33). The Morgan fingerprint density at radius 2 is 1.75 bits per heavy atom. The second kappa shape index (κ2) is 11.6. The highest BCUT2D eigenvalue weighted by atomic mass is 19.1. The van der Waals surface area contributed by atoms with Crippen molar-refractivity contribution < 1.29 is 19.2 Å². The molecule has 3 N–H and O–H groups in total. The predicted molar refractivity (Wildman–Crippen MR) is 151 cm³/mol. The molecule has 13 heteroatoms. The molecular formula is C27H35FN8O4. The fraction of sp³-hybridized carbons (Fsp3) is 0.444. The number of rotatable bonds is 12. The number of nitrogens with zero attached hydrogens (tertiary/aromatic N) is 6. The quantitative estimate of drug-likeness (QED) is 0.215. The lowest BCUT2D eigenvalue weighted by molar-refractivity contribution is -0.384. The molecule has 1 aromatic heterocycles. The van der Waals surface area contributed by atoms with Gasteiger partial charge in [-0.1, -0.05) is 0 Å². The fourth-order valence-electron chi connectivity index (χ4n) is 4.31. The number of likely N-dealkylation sites (N-methyl/N-ethyl adjacent to an activating group) is 2. The number of halogens is 1. The van der Waals surface area contributed by atoms with Crippen LogP contribution in [-0.2, 0) is 5.60 Å². The number of aromatic nitrogens is 3. The SMILES string of the molecule is COc1cc(N(C)CCN(C)C)c([N+](=O)[O-])cc1Nc1ncnc(Nc2cc(F)c(C3CC3)cc2C(C)(C)O)n1. The first-order valence-electron chi connectivity index (χ1n) is 12.9. The lowest BCUT2D eigenvalue weighted by Gasteiger charge is -2.23. The van der Waals surface area contributed by atoms with E-state index in [1.807, 2.05) is 19.0 Å². The summed E-state index contributed by atoms with van der Waals surface area (Å²) in [5, 5.41) is 28.7.